The van der Waals surface area contributed by atoms with E-state index in [1.54, 1.807) is 6.92 Å². The van der Waals surface area contributed by atoms with Crippen LogP contribution in [0.5, 0.6) is 0 Å². The molecular weight excluding hydrogens is 658 g/mol. The minimum absolute atomic E-state index is 0.0124. The molecule has 0 radical (unpaired) electrons. The highest BCUT2D eigenvalue weighted by Gasteiger charge is 2.43. The van der Waals surface area contributed by atoms with E-state index < -0.39 is 27.1 Å². The van der Waals surface area contributed by atoms with Crippen molar-refractivity contribution in [3.63, 3.8) is 0 Å². The van der Waals surface area contributed by atoms with Gasteiger partial charge >= 0.3 is 11.9 Å². The molecular formula is C25H23Cl5N6O6. The van der Waals surface area contributed by atoms with E-state index in [1.165, 1.54) is 37.6 Å². The van der Waals surface area contributed by atoms with E-state index >= 15 is 0 Å². The summed E-state index contributed by atoms with van der Waals surface area (Å²) in [6.07, 6.45) is 1.52. The molecule has 0 fully saturated rings. The molecule has 12 nitrogen and oxygen atoms in total. The quantitative estimate of drug-likeness (QED) is 0.280. The van der Waals surface area contributed by atoms with Crippen molar-refractivity contribution in [1.29, 1.82) is 0 Å². The fourth-order valence-electron chi connectivity index (χ4n) is 3.56. The molecule has 1 atom stereocenters. The molecule has 4 rings (SSSR count). The first-order valence-electron chi connectivity index (χ1n) is 11.8. The third kappa shape index (κ3) is 7.31. The summed E-state index contributed by atoms with van der Waals surface area (Å²) in [6, 6.07) is 5.97. The van der Waals surface area contributed by atoms with Gasteiger partial charge < -0.3 is 20.3 Å². The van der Waals surface area contributed by atoms with E-state index in [1.807, 2.05) is 13.8 Å². The van der Waals surface area contributed by atoms with E-state index in [4.69, 9.17) is 67.8 Å². The van der Waals surface area contributed by atoms with Gasteiger partial charge in [-0.1, -0.05) is 71.9 Å². The van der Waals surface area contributed by atoms with Crippen LogP contribution in [0.15, 0.2) is 35.5 Å². The maximum Gasteiger partial charge on any atom is 0.375 e. The molecule has 0 spiro atoms. The van der Waals surface area contributed by atoms with E-state index in [-0.39, 0.29) is 52.1 Å². The number of amidine groups is 1. The monoisotopic (exact) mass is 678 g/mol. The number of aromatic carboxylic acids is 2. The third-order valence-electron chi connectivity index (χ3n) is 6.06. The van der Waals surface area contributed by atoms with Crippen LogP contribution in [-0.4, -0.2) is 66.3 Å². The first kappa shape index (κ1) is 33.5. The normalized spacial score (nSPS) is 16.5. The lowest BCUT2D eigenvalue weighted by Crippen LogP contribution is -2.41. The lowest BCUT2D eigenvalue weighted by molar-refractivity contribution is -0.124. The van der Waals surface area contributed by atoms with Crippen LogP contribution in [-0.2, 0) is 19.9 Å². The van der Waals surface area contributed by atoms with Gasteiger partial charge in [-0.15, -0.1) is 5.10 Å². The number of rotatable bonds is 7. The Balaban J connectivity index is 0.000000231. The summed E-state index contributed by atoms with van der Waals surface area (Å²) in [7, 11) is 1.52. The van der Waals surface area contributed by atoms with Crippen LogP contribution >= 0.6 is 58.0 Å². The Bertz CT molecular complexity index is 1570. The summed E-state index contributed by atoms with van der Waals surface area (Å²) in [5, 5.41) is 25.3. The third-order valence-corrected chi connectivity index (χ3v) is 7.10. The van der Waals surface area contributed by atoms with Gasteiger partial charge in [0.15, 0.2) is 11.7 Å². The minimum Gasteiger partial charge on any atom is -0.478 e. The Hall–Kier alpha value is -3.00. The molecule has 3 heterocycles. The average Bonchev–Trinajstić information content (AvgIpc) is 3.47. The predicted octanol–water partition coefficient (Wildman–Crippen LogP) is 5.32. The fourth-order valence-corrected chi connectivity index (χ4v) is 4.42. The fraction of sp³-hybridized carbons (Fsp3) is 0.320. The predicted molar refractivity (Wildman–Crippen MR) is 157 cm³/mol. The zero-order chi connectivity index (χ0) is 31.6. The molecule has 1 aliphatic rings. The highest BCUT2D eigenvalue weighted by atomic mass is 35.6. The number of hydrogen-bond donors (Lipinski definition) is 3. The Morgan fingerprint density at radius 3 is 2.31 bits per heavy atom. The molecule has 0 saturated carbocycles. The number of methoxy groups -OCH3 is 1. The summed E-state index contributed by atoms with van der Waals surface area (Å²) in [5.41, 5.74) is 0.155. The number of nitrogens with one attached hydrogen (secondary N) is 1. The maximum atomic E-state index is 12.2. The first-order valence-corrected chi connectivity index (χ1v) is 13.7. The lowest BCUT2D eigenvalue weighted by atomic mass is 9.89. The SMILES string of the molecule is COCc1cnc(C2=NC(C)(C(C)C)C(=O)N2)c(C(=O)O)c1.O=C(O)c1nc(C(Cl)(Cl)Cl)n(-c2ccc(Cl)cc2Cl)n1. The number of carboxylic acid groups (broad SMARTS) is 2. The van der Waals surface area contributed by atoms with Crippen molar-refractivity contribution in [2.75, 3.05) is 7.11 Å². The Labute approximate surface area is 264 Å². The van der Waals surface area contributed by atoms with Crippen LogP contribution in [0.25, 0.3) is 5.69 Å². The molecule has 0 saturated heterocycles. The number of hydrogen-bond acceptors (Lipinski definition) is 8. The van der Waals surface area contributed by atoms with Crippen molar-refractivity contribution in [1.82, 2.24) is 25.1 Å². The minimum atomic E-state index is -1.97. The summed E-state index contributed by atoms with van der Waals surface area (Å²) in [6.45, 7) is 5.76. The Morgan fingerprint density at radius 2 is 1.81 bits per heavy atom. The van der Waals surface area contributed by atoms with Crippen molar-refractivity contribution < 1.29 is 29.3 Å². The van der Waals surface area contributed by atoms with Crippen molar-refractivity contribution in [2.45, 2.75) is 36.7 Å². The number of benzene rings is 1. The number of nitrogens with zero attached hydrogens (tertiary/aromatic N) is 5. The van der Waals surface area contributed by atoms with Gasteiger partial charge in [-0.25, -0.2) is 24.2 Å². The number of carbonyl (C=O) groups excluding carboxylic acids is 1. The number of ether oxygens (including phenoxy) is 1. The zero-order valence-electron chi connectivity index (χ0n) is 22.3. The zero-order valence-corrected chi connectivity index (χ0v) is 26.1. The van der Waals surface area contributed by atoms with Crippen molar-refractivity contribution >= 4 is 81.7 Å². The number of carbonyl (C=O) groups is 3. The van der Waals surface area contributed by atoms with E-state index in [0.717, 1.165) is 4.68 Å². The summed E-state index contributed by atoms with van der Waals surface area (Å²) < 4.78 is 4.06. The number of alkyl halides is 3. The van der Waals surface area contributed by atoms with Crippen LogP contribution < -0.4 is 5.32 Å². The van der Waals surface area contributed by atoms with Gasteiger partial charge in [0, 0.05) is 18.3 Å². The molecule has 1 amide bonds. The number of halogens is 5. The molecule has 1 aliphatic heterocycles. The standard InChI is InChI=1S/C15H19N3O4.C10H4Cl5N3O2/c1-8(2)15(3)14(21)17-12(18-15)11-10(13(19)20)5-9(6-16-11)7-22-4;11-4-1-2-6(5(12)3-4)18-9(10(13,14)15)16-7(17-18)8(19)20/h5-6,8H,7H2,1-4H3,(H,19,20)(H,17,18,21);1-3H,(H,19,20). The molecule has 224 valence electrons. The molecule has 3 aromatic rings. The number of aromatic nitrogens is 4. The summed E-state index contributed by atoms with van der Waals surface area (Å²) in [4.78, 5) is 46.8. The second-order valence-electron chi connectivity index (χ2n) is 9.26. The van der Waals surface area contributed by atoms with Gasteiger partial charge in [-0.2, -0.15) is 0 Å². The van der Waals surface area contributed by atoms with E-state index in [9.17, 15) is 19.5 Å². The number of pyridine rings is 1. The van der Waals surface area contributed by atoms with Gasteiger partial charge in [0.2, 0.25) is 3.79 Å². The van der Waals surface area contributed by atoms with Crippen molar-refractivity contribution in [3.05, 3.63) is 69.0 Å². The first-order chi connectivity index (χ1) is 19.5. The van der Waals surface area contributed by atoms with Crippen LogP contribution in [0.4, 0.5) is 0 Å². The van der Waals surface area contributed by atoms with Gasteiger partial charge in [-0.05, 0) is 42.7 Å². The topological polar surface area (TPSA) is 169 Å². The highest BCUT2D eigenvalue weighted by molar-refractivity contribution is 6.66. The van der Waals surface area contributed by atoms with Gasteiger partial charge in [0.1, 0.15) is 11.2 Å². The average molecular weight is 681 g/mol. The Kier molecular flexibility index (Phi) is 10.5. The van der Waals surface area contributed by atoms with Crippen LogP contribution in [0.1, 0.15) is 58.8 Å². The Morgan fingerprint density at radius 1 is 1.14 bits per heavy atom. The van der Waals surface area contributed by atoms with Crippen LogP contribution in [0.3, 0.4) is 0 Å². The molecule has 17 heteroatoms. The molecule has 0 bridgehead atoms. The van der Waals surface area contributed by atoms with E-state index in [0.29, 0.717) is 10.6 Å². The van der Waals surface area contributed by atoms with Gasteiger partial charge in [0.05, 0.1) is 22.9 Å². The van der Waals surface area contributed by atoms with Gasteiger partial charge in [0.25, 0.3) is 11.7 Å². The number of aliphatic imine (C=N–C) groups is 1. The highest BCUT2D eigenvalue weighted by Crippen LogP contribution is 2.39. The molecule has 3 N–H and O–H groups in total. The second kappa shape index (κ2) is 13.1. The summed E-state index contributed by atoms with van der Waals surface area (Å²) >= 11 is 29.1. The summed E-state index contributed by atoms with van der Waals surface area (Å²) in [5.74, 6) is -3.27. The van der Waals surface area contributed by atoms with Crippen molar-refractivity contribution in [3.8, 4) is 5.69 Å². The molecule has 2 aromatic heterocycles. The molecule has 1 unspecified atom stereocenters. The molecule has 1 aromatic carbocycles. The number of amides is 1. The lowest BCUT2D eigenvalue weighted by Gasteiger charge is -2.21. The largest absolute Gasteiger partial charge is 0.478 e. The van der Waals surface area contributed by atoms with Crippen LogP contribution in [0, 0.1) is 5.92 Å². The second-order valence-corrected chi connectivity index (χ2v) is 12.4. The maximum absolute atomic E-state index is 12.2. The molecule has 0 aliphatic carbocycles. The smallest absolute Gasteiger partial charge is 0.375 e. The van der Waals surface area contributed by atoms with E-state index in [2.05, 4.69) is 25.4 Å². The van der Waals surface area contributed by atoms with Crippen LogP contribution in [0.2, 0.25) is 10.0 Å². The van der Waals surface area contributed by atoms with Crippen molar-refractivity contribution in [2.24, 2.45) is 10.9 Å². The molecule has 42 heavy (non-hydrogen) atoms. The number of carboxylic acids is 2. The van der Waals surface area contributed by atoms with Gasteiger partial charge in [-0.3, -0.25) is 9.78 Å².